The monoisotopic (exact) mass is 229 g/mol. The topological polar surface area (TPSA) is 32.3 Å². The molecule has 0 spiro atoms. The van der Waals surface area contributed by atoms with Gasteiger partial charge in [0.15, 0.2) is 0 Å². The molecule has 1 rings (SSSR count). The van der Waals surface area contributed by atoms with Crippen molar-refractivity contribution in [1.29, 1.82) is 0 Å². The molecule has 16 heavy (non-hydrogen) atoms. The third-order valence-corrected chi connectivity index (χ3v) is 2.53. The van der Waals surface area contributed by atoms with E-state index in [1.54, 1.807) is 6.92 Å². The van der Waals surface area contributed by atoms with E-state index in [1.807, 2.05) is 6.92 Å². The first-order valence-electron chi connectivity index (χ1n) is 5.37. The molecule has 0 aliphatic heterocycles. The van der Waals surface area contributed by atoms with E-state index < -0.39 is 17.7 Å². The van der Waals surface area contributed by atoms with Crippen molar-refractivity contribution in [3.05, 3.63) is 35.4 Å². The molecule has 0 aliphatic carbocycles. The summed E-state index contributed by atoms with van der Waals surface area (Å²) < 4.78 is 26.8. The van der Waals surface area contributed by atoms with Crippen molar-refractivity contribution < 1.29 is 13.9 Å². The van der Waals surface area contributed by atoms with Crippen LogP contribution in [0.15, 0.2) is 18.2 Å². The standard InChI is InChI=1S/C12H17F2NO/c1-8(6-7-16)15-9(2)12-10(13)4-3-5-11(12)14/h3-5,8-9,15-16H,6-7H2,1-2H3/t8-,9?/m1/s1. The SMILES string of the molecule is CC(N[C@H](C)CCO)c1c(F)cccc1F. The van der Waals surface area contributed by atoms with E-state index in [4.69, 9.17) is 5.11 Å². The van der Waals surface area contributed by atoms with E-state index in [9.17, 15) is 8.78 Å². The van der Waals surface area contributed by atoms with Gasteiger partial charge in [0.05, 0.1) is 0 Å². The van der Waals surface area contributed by atoms with Crippen LogP contribution < -0.4 is 5.32 Å². The van der Waals surface area contributed by atoms with Gasteiger partial charge in [-0.3, -0.25) is 0 Å². The molecule has 2 atom stereocenters. The van der Waals surface area contributed by atoms with Gasteiger partial charge in [-0.2, -0.15) is 0 Å². The summed E-state index contributed by atoms with van der Waals surface area (Å²) in [6.07, 6.45) is 0.556. The summed E-state index contributed by atoms with van der Waals surface area (Å²) >= 11 is 0. The molecule has 0 saturated carbocycles. The van der Waals surface area contributed by atoms with Crippen molar-refractivity contribution in [2.75, 3.05) is 6.61 Å². The first-order chi connectivity index (χ1) is 7.56. The second-order valence-corrected chi connectivity index (χ2v) is 3.94. The molecule has 0 fully saturated rings. The summed E-state index contributed by atoms with van der Waals surface area (Å²) in [5.41, 5.74) is 0.0484. The highest BCUT2D eigenvalue weighted by Gasteiger charge is 2.17. The number of halogens is 2. The van der Waals surface area contributed by atoms with E-state index in [0.717, 1.165) is 0 Å². The summed E-state index contributed by atoms with van der Waals surface area (Å²) in [6, 6.07) is 3.43. The lowest BCUT2D eigenvalue weighted by atomic mass is 10.1. The summed E-state index contributed by atoms with van der Waals surface area (Å²) in [5.74, 6) is -1.09. The summed E-state index contributed by atoms with van der Waals surface area (Å²) in [6.45, 7) is 3.63. The molecule has 4 heteroatoms. The fourth-order valence-corrected chi connectivity index (χ4v) is 1.71. The van der Waals surface area contributed by atoms with Gasteiger partial charge in [-0.1, -0.05) is 6.07 Å². The lowest BCUT2D eigenvalue weighted by Gasteiger charge is -2.20. The van der Waals surface area contributed by atoms with Crippen LogP contribution >= 0.6 is 0 Å². The van der Waals surface area contributed by atoms with Crippen molar-refractivity contribution in [2.24, 2.45) is 0 Å². The van der Waals surface area contributed by atoms with Crippen LogP contribution in [0.5, 0.6) is 0 Å². The molecule has 1 unspecified atom stereocenters. The number of benzene rings is 1. The van der Waals surface area contributed by atoms with Gasteiger partial charge in [0, 0.05) is 24.3 Å². The van der Waals surface area contributed by atoms with Crippen molar-refractivity contribution in [1.82, 2.24) is 5.32 Å². The normalized spacial score (nSPS) is 14.8. The molecule has 0 aliphatic rings. The zero-order valence-electron chi connectivity index (χ0n) is 9.50. The molecular formula is C12H17F2NO. The molecule has 90 valence electrons. The molecule has 0 heterocycles. The maximum Gasteiger partial charge on any atom is 0.130 e. The molecule has 2 N–H and O–H groups in total. The van der Waals surface area contributed by atoms with Crippen LogP contribution in [0.1, 0.15) is 31.9 Å². The zero-order valence-corrected chi connectivity index (χ0v) is 9.50. The molecule has 0 radical (unpaired) electrons. The van der Waals surface area contributed by atoms with Crippen molar-refractivity contribution in [2.45, 2.75) is 32.4 Å². The first kappa shape index (κ1) is 13.1. The van der Waals surface area contributed by atoms with Crippen LogP contribution in [-0.2, 0) is 0 Å². The van der Waals surface area contributed by atoms with Crippen LogP contribution in [0.3, 0.4) is 0 Å². The van der Waals surface area contributed by atoms with Gasteiger partial charge in [-0.05, 0) is 32.4 Å². The van der Waals surface area contributed by atoms with E-state index in [0.29, 0.717) is 6.42 Å². The lowest BCUT2D eigenvalue weighted by Crippen LogP contribution is -2.30. The maximum atomic E-state index is 13.4. The van der Waals surface area contributed by atoms with Gasteiger partial charge < -0.3 is 10.4 Å². The highest BCUT2D eigenvalue weighted by atomic mass is 19.1. The minimum Gasteiger partial charge on any atom is -0.396 e. The Morgan fingerprint density at radius 1 is 1.25 bits per heavy atom. The van der Waals surface area contributed by atoms with Crippen LogP contribution in [-0.4, -0.2) is 17.8 Å². The predicted octanol–water partition coefficient (Wildman–Crippen LogP) is 2.39. The largest absolute Gasteiger partial charge is 0.396 e. The molecular weight excluding hydrogens is 212 g/mol. The Morgan fingerprint density at radius 2 is 1.81 bits per heavy atom. The van der Waals surface area contributed by atoms with E-state index in [2.05, 4.69) is 5.32 Å². The quantitative estimate of drug-likeness (QED) is 0.812. The van der Waals surface area contributed by atoms with Gasteiger partial charge in [0.2, 0.25) is 0 Å². The minimum atomic E-state index is -0.545. The summed E-state index contributed by atoms with van der Waals surface area (Å²) in [7, 11) is 0. The van der Waals surface area contributed by atoms with Crippen molar-refractivity contribution in [3.8, 4) is 0 Å². The fourth-order valence-electron chi connectivity index (χ4n) is 1.71. The highest BCUT2D eigenvalue weighted by Crippen LogP contribution is 2.20. The van der Waals surface area contributed by atoms with Gasteiger partial charge in [-0.25, -0.2) is 8.78 Å². The van der Waals surface area contributed by atoms with Crippen LogP contribution in [0.4, 0.5) is 8.78 Å². The maximum absolute atomic E-state index is 13.4. The number of hydrogen-bond acceptors (Lipinski definition) is 2. The molecule has 1 aromatic carbocycles. The van der Waals surface area contributed by atoms with Gasteiger partial charge >= 0.3 is 0 Å². The second kappa shape index (κ2) is 5.92. The Hall–Kier alpha value is -1.00. The molecule has 0 bridgehead atoms. The van der Waals surface area contributed by atoms with Gasteiger partial charge in [-0.15, -0.1) is 0 Å². The Labute approximate surface area is 94.3 Å². The fraction of sp³-hybridized carbons (Fsp3) is 0.500. The van der Waals surface area contributed by atoms with Crippen LogP contribution in [0.25, 0.3) is 0 Å². The second-order valence-electron chi connectivity index (χ2n) is 3.94. The van der Waals surface area contributed by atoms with Crippen molar-refractivity contribution in [3.63, 3.8) is 0 Å². The lowest BCUT2D eigenvalue weighted by molar-refractivity contribution is 0.263. The molecule has 1 aromatic rings. The summed E-state index contributed by atoms with van der Waals surface area (Å²) in [5, 5.41) is 11.8. The highest BCUT2D eigenvalue weighted by molar-refractivity contribution is 5.22. The molecule has 0 aromatic heterocycles. The molecule has 0 amide bonds. The third-order valence-electron chi connectivity index (χ3n) is 2.53. The van der Waals surface area contributed by atoms with E-state index >= 15 is 0 Å². The smallest absolute Gasteiger partial charge is 0.130 e. The molecule has 2 nitrogen and oxygen atoms in total. The van der Waals surface area contributed by atoms with Gasteiger partial charge in [0.25, 0.3) is 0 Å². The Kier molecular flexibility index (Phi) is 4.83. The average Bonchev–Trinajstić information content (AvgIpc) is 2.17. The van der Waals surface area contributed by atoms with Crippen molar-refractivity contribution >= 4 is 0 Å². The number of nitrogens with one attached hydrogen (secondary N) is 1. The zero-order chi connectivity index (χ0) is 12.1. The van der Waals surface area contributed by atoms with Crippen LogP contribution in [0, 0.1) is 11.6 Å². The molecule has 0 saturated heterocycles. The number of hydrogen-bond donors (Lipinski definition) is 2. The number of rotatable bonds is 5. The third kappa shape index (κ3) is 3.25. The number of aliphatic hydroxyl groups is 1. The Balaban J connectivity index is 2.76. The predicted molar refractivity (Wildman–Crippen MR) is 59.1 cm³/mol. The minimum absolute atomic E-state index is 0.0130. The number of aliphatic hydroxyl groups excluding tert-OH is 1. The summed E-state index contributed by atoms with van der Waals surface area (Å²) in [4.78, 5) is 0. The Morgan fingerprint density at radius 3 is 2.31 bits per heavy atom. The van der Waals surface area contributed by atoms with E-state index in [1.165, 1.54) is 18.2 Å². The Bertz CT molecular complexity index is 324. The first-order valence-corrected chi connectivity index (χ1v) is 5.37. The van der Waals surface area contributed by atoms with E-state index in [-0.39, 0.29) is 18.2 Å². The van der Waals surface area contributed by atoms with Gasteiger partial charge in [0.1, 0.15) is 11.6 Å². The average molecular weight is 229 g/mol. The van der Waals surface area contributed by atoms with Crippen LogP contribution in [0.2, 0.25) is 0 Å².